The van der Waals surface area contributed by atoms with Crippen molar-refractivity contribution in [2.24, 2.45) is 0 Å². The van der Waals surface area contributed by atoms with E-state index in [1.165, 1.54) is 12.8 Å². The van der Waals surface area contributed by atoms with E-state index in [0.717, 1.165) is 38.9 Å². The Hall–Kier alpha value is -2.44. The Morgan fingerprint density at radius 3 is 2.71 bits per heavy atom. The van der Waals surface area contributed by atoms with Gasteiger partial charge in [0.15, 0.2) is 5.13 Å². The van der Waals surface area contributed by atoms with Crippen molar-refractivity contribution in [3.8, 4) is 22.4 Å². The van der Waals surface area contributed by atoms with Crippen LogP contribution in [0.15, 0.2) is 41.9 Å². The van der Waals surface area contributed by atoms with Crippen molar-refractivity contribution < 1.29 is 5.11 Å². The van der Waals surface area contributed by atoms with Crippen LogP contribution < -0.4 is 10.2 Å². The lowest BCUT2D eigenvalue weighted by Crippen LogP contribution is -2.38. The zero-order valence-electron chi connectivity index (χ0n) is 16.3. The van der Waals surface area contributed by atoms with Crippen molar-refractivity contribution in [2.45, 2.75) is 44.4 Å². The van der Waals surface area contributed by atoms with Gasteiger partial charge in [-0.1, -0.05) is 38.1 Å². The highest BCUT2D eigenvalue weighted by Crippen LogP contribution is 2.44. The Morgan fingerprint density at radius 1 is 1.21 bits per heavy atom. The highest BCUT2D eigenvalue weighted by atomic mass is 32.1. The van der Waals surface area contributed by atoms with E-state index in [1.807, 2.05) is 24.2 Å². The molecule has 0 spiro atoms. The number of thiazole rings is 1. The summed E-state index contributed by atoms with van der Waals surface area (Å²) < 4.78 is 0. The average molecular weight is 393 g/mol. The topological polar surface area (TPSA) is 61.3 Å². The first-order valence-corrected chi connectivity index (χ1v) is 10.6. The van der Waals surface area contributed by atoms with Crippen LogP contribution in [-0.2, 0) is 5.41 Å². The fourth-order valence-corrected chi connectivity index (χ4v) is 4.71. The molecule has 28 heavy (non-hydrogen) atoms. The number of anilines is 2. The fourth-order valence-electron chi connectivity index (χ4n) is 3.92. The Balaban J connectivity index is 1.56. The molecule has 0 radical (unpaired) electrons. The van der Waals surface area contributed by atoms with Crippen molar-refractivity contribution in [3.05, 3.63) is 47.5 Å². The summed E-state index contributed by atoms with van der Waals surface area (Å²) in [5, 5.41) is 17.2. The highest BCUT2D eigenvalue weighted by Gasteiger charge is 2.43. The quantitative estimate of drug-likeness (QED) is 0.685. The van der Waals surface area contributed by atoms with Crippen LogP contribution in [-0.4, -0.2) is 34.4 Å². The number of nitrogens with zero attached hydrogens (tertiary/aromatic N) is 3. The number of aromatic nitrogens is 2. The number of pyridine rings is 1. The summed E-state index contributed by atoms with van der Waals surface area (Å²) >= 11 is 1.66. The van der Waals surface area contributed by atoms with Gasteiger partial charge in [0.2, 0.25) is 0 Å². The third-order valence-electron chi connectivity index (χ3n) is 5.83. The lowest BCUT2D eigenvalue weighted by molar-refractivity contribution is 0.114. The van der Waals surface area contributed by atoms with Crippen LogP contribution in [0, 0.1) is 0 Å². The molecule has 3 heterocycles. The number of hydrogen-bond donors (Lipinski definition) is 2. The van der Waals surface area contributed by atoms with Crippen molar-refractivity contribution in [1.82, 2.24) is 9.97 Å². The molecule has 0 bridgehead atoms. The summed E-state index contributed by atoms with van der Waals surface area (Å²) in [6.07, 6.45) is 3.80. The van der Waals surface area contributed by atoms with Crippen LogP contribution >= 0.6 is 11.3 Å². The van der Waals surface area contributed by atoms with Gasteiger partial charge in [0.25, 0.3) is 0 Å². The van der Waals surface area contributed by atoms with Crippen LogP contribution in [0.3, 0.4) is 0 Å². The smallest absolute Gasteiger partial charge is 0.183 e. The minimum absolute atomic E-state index is 0.371. The molecule has 1 atom stereocenters. The second kappa shape index (κ2) is 6.29. The highest BCUT2D eigenvalue weighted by molar-refractivity contribution is 7.14. The molecule has 1 aliphatic carbocycles. The molecule has 0 amide bonds. The van der Waals surface area contributed by atoms with Gasteiger partial charge in [0, 0.05) is 46.8 Å². The summed E-state index contributed by atoms with van der Waals surface area (Å²) in [7, 11) is 1.89. The predicted octanol–water partition coefficient (Wildman–Crippen LogP) is 4.49. The van der Waals surface area contributed by atoms with Crippen molar-refractivity contribution in [2.75, 3.05) is 17.3 Å². The minimum Gasteiger partial charge on any atom is -0.373 e. The second-order valence-electron chi connectivity index (χ2n) is 8.30. The van der Waals surface area contributed by atoms with Crippen LogP contribution in [0.25, 0.3) is 22.4 Å². The maximum Gasteiger partial charge on any atom is 0.183 e. The number of rotatable bonds is 4. The van der Waals surface area contributed by atoms with Crippen LogP contribution in [0.1, 0.15) is 32.3 Å². The predicted molar refractivity (Wildman–Crippen MR) is 115 cm³/mol. The molecule has 5 rings (SSSR count). The number of aliphatic hydroxyl groups is 1. The lowest BCUT2D eigenvalue weighted by Gasteiger charge is -2.26. The largest absolute Gasteiger partial charge is 0.373 e. The fraction of sp³-hybridized carbons (Fsp3) is 0.364. The number of aliphatic hydroxyl groups excluding tert-OH is 1. The van der Waals surface area contributed by atoms with E-state index in [9.17, 15) is 5.11 Å². The van der Waals surface area contributed by atoms with E-state index in [-0.39, 0.29) is 5.41 Å². The minimum atomic E-state index is -0.574. The molecule has 2 aliphatic rings. The molecule has 2 aromatic heterocycles. The third kappa shape index (κ3) is 2.79. The monoisotopic (exact) mass is 392 g/mol. The van der Waals surface area contributed by atoms with Gasteiger partial charge in [-0.3, -0.25) is 0 Å². The average Bonchev–Trinajstić information content (AvgIpc) is 3.37. The molecule has 1 aliphatic heterocycles. The van der Waals surface area contributed by atoms with Crippen LogP contribution in [0.5, 0.6) is 0 Å². The Morgan fingerprint density at radius 2 is 1.96 bits per heavy atom. The summed E-state index contributed by atoms with van der Waals surface area (Å²) in [5.41, 5.74) is 4.96. The van der Waals surface area contributed by atoms with Gasteiger partial charge < -0.3 is 15.3 Å². The van der Waals surface area contributed by atoms with E-state index < -0.39 is 6.23 Å². The summed E-state index contributed by atoms with van der Waals surface area (Å²) in [5.74, 6) is 0.850. The molecular weight excluding hydrogens is 368 g/mol. The summed E-state index contributed by atoms with van der Waals surface area (Å²) in [6.45, 7) is 4.13. The van der Waals surface area contributed by atoms with Crippen LogP contribution in [0.2, 0.25) is 0 Å². The van der Waals surface area contributed by atoms with E-state index in [0.29, 0.717) is 6.04 Å². The number of nitrogens with one attached hydrogen (secondary N) is 1. The molecule has 2 N–H and O–H groups in total. The molecular formula is C22H24N4OS. The number of hydrogen-bond acceptors (Lipinski definition) is 6. The number of fused-ring (bicyclic) bond motifs is 1. The van der Waals surface area contributed by atoms with Gasteiger partial charge in [0.1, 0.15) is 12.0 Å². The van der Waals surface area contributed by atoms with Crippen molar-refractivity contribution >= 4 is 22.3 Å². The molecule has 1 aromatic carbocycles. The van der Waals surface area contributed by atoms with Gasteiger partial charge in [-0.05, 0) is 24.5 Å². The van der Waals surface area contributed by atoms with E-state index >= 15 is 0 Å². The van der Waals surface area contributed by atoms with Gasteiger partial charge in [-0.2, -0.15) is 0 Å². The standard InChI is InChI=1S/C22H24N4OS/c1-22(2)17-10-13(11-23-19(17)26(3)20(22)27)15-6-4-5-7-16(15)18-12-28-21(25-18)24-14-8-9-14/h4-7,10-12,14,20,27H,8-9H2,1-3H3,(H,24,25). The third-order valence-corrected chi connectivity index (χ3v) is 6.60. The first-order valence-electron chi connectivity index (χ1n) is 9.68. The first-order chi connectivity index (χ1) is 13.4. The second-order valence-corrected chi connectivity index (χ2v) is 9.16. The molecule has 1 saturated carbocycles. The van der Waals surface area contributed by atoms with Crippen LogP contribution in [0.4, 0.5) is 10.9 Å². The van der Waals surface area contributed by atoms with E-state index in [2.05, 4.69) is 53.8 Å². The normalized spacial score (nSPS) is 20.3. The zero-order valence-corrected chi connectivity index (χ0v) is 17.1. The van der Waals surface area contributed by atoms with Crippen molar-refractivity contribution in [1.29, 1.82) is 0 Å². The molecule has 1 fully saturated rings. The molecule has 0 saturated heterocycles. The zero-order chi connectivity index (χ0) is 19.5. The number of likely N-dealkylation sites (N-methyl/N-ethyl adjacent to an activating group) is 1. The van der Waals surface area contributed by atoms with Gasteiger partial charge in [-0.25, -0.2) is 9.97 Å². The lowest BCUT2D eigenvalue weighted by atomic mass is 9.84. The van der Waals surface area contributed by atoms with Gasteiger partial charge >= 0.3 is 0 Å². The Bertz CT molecular complexity index is 1040. The number of benzene rings is 1. The summed E-state index contributed by atoms with van der Waals surface area (Å²) in [4.78, 5) is 11.3. The summed E-state index contributed by atoms with van der Waals surface area (Å²) in [6, 6.07) is 11.1. The maximum absolute atomic E-state index is 10.6. The van der Waals surface area contributed by atoms with Crippen molar-refractivity contribution in [3.63, 3.8) is 0 Å². The molecule has 6 heteroatoms. The van der Waals surface area contributed by atoms with E-state index in [4.69, 9.17) is 4.98 Å². The Labute approximate surface area is 169 Å². The van der Waals surface area contributed by atoms with E-state index in [1.54, 1.807) is 11.3 Å². The maximum atomic E-state index is 10.6. The first kappa shape index (κ1) is 17.6. The van der Waals surface area contributed by atoms with Gasteiger partial charge in [-0.15, -0.1) is 11.3 Å². The Kier molecular flexibility index (Phi) is 3.96. The van der Waals surface area contributed by atoms with Gasteiger partial charge in [0.05, 0.1) is 5.69 Å². The molecule has 1 unspecified atom stereocenters. The molecule has 5 nitrogen and oxygen atoms in total. The molecule has 3 aromatic rings. The SMILES string of the molecule is CN1c2ncc(-c3ccccc3-c3csc(NC4CC4)n3)cc2C(C)(C)C1O. The molecule has 144 valence electrons.